The number of amides is 2. The number of fused-ring (bicyclic) bond motifs is 3. The molecule has 0 aromatic heterocycles. The van der Waals surface area contributed by atoms with Gasteiger partial charge in [-0.1, -0.05) is 55.5 Å². The highest BCUT2D eigenvalue weighted by molar-refractivity contribution is 5.91. The van der Waals surface area contributed by atoms with Gasteiger partial charge in [-0.3, -0.25) is 9.59 Å². The average Bonchev–Trinajstić information content (AvgIpc) is 3.45. The maximum atomic E-state index is 13.2. The lowest BCUT2D eigenvalue weighted by Crippen LogP contribution is -2.63. The van der Waals surface area contributed by atoms with E-state index in [0.717, 1.165) is 22.3 Å². The second kappa shape index (κ2) is 10.5. The molecule has 1 aliphatic carbocycles. The van der Waals surface area contributed by atoms with E-state index in [1.807, 2.05) is 36.4 Å². The number of ether oxygens (including phenoxy) is 3. The number of hydrogen-bond donors (Lipinski definition) is 3. The number of carbonyl (C=O) groups is 3. The molecule has 0 radical (unpaired) electrons. The Morgan fingerprint density at radius 2 is 1.69 bits per heavy atom. The van der Waals surface area contributed by atoms with Crippen LogP contribution in [-0.4, -0.2) is 68.2 Å². The highest BCUT2D eigenvalue weighted by Crippen LogP contribution is 2.44. The van der Waals surface area contributed by atoms with Gasteiger partial charge in [-0.2, -0.15) is 0 Å². The van der Waals surface area contributed by atoms with Gasteiger partial charge in [0, 0.05) is 13.0 Å². The molecule has 186 valence electrons. The Balaban J connectivity index is 1.46. The maximum absolute atomic E-state index is 13.2. The van der Waals surface area contributed by atoms with Gasteiger partial charge in [0.1, 0.15) is 18.1 Å². The zero-order valence-electron chi connectivity index (χ0n) is 19.8. The minimum atomic E-state index is -1.43. The number of alkyl carbamates (subject to hydrolysis) is 1. The lowest BCUT2D eigenvalue weighted by Gasteiger charge is -2.33. The predicted octanol–water partition coefficient (Wildman–Crippen LogP) is 2.54. The molecule has 2 aromatic rings. The zero-order chi connectivity index (χ0) is 25.0. The molecule has 9 heteroatoms. The molecule has 1 fully saturated rings. The minimum absolute atomic E-state index is 0.0174. The molecule has 2 aliphatic rings. The molecular formula is C26H30N2O7. The summed E-state index contributed by atoms with van der Waals surface area (Å²) in [5.74, 6) is -2.57. The Morgan fingerprint density at radius 1 is 1.06 bits per heavy atom. The summed E-state index contributed by atoms with van der Waals surface area (Å²) in [7, 11) is 1.43. The second-order valence-electron chi connectivity index (χ2n) is 8.88. The second-order valence-corrected chi connectivity index (χ2v) is 8.88. The van der Waals surface area contributed by atoms with Crippen LogP contribution in [0.5, 0.6) is 0 Å². The van der Waals surface area contributed by atoms with Crippen LogP contribution in [0.2, 0.25) is 0 Å². The number of nitrogens with one attached hydrogen (secondary N) is 2. The van der Waals surface area contributed by atoms with Crippen LogP contribution in [0.1, 0.15) is 30.4 Å². The first-order valence-corrected chi connectivity index (χ1v) is 11.6. The quantitative estimate of drug-likeness (QED) is 0.502. The zero-order valence-corrected chi connectivity index (χ0v) is 19.8. The molecule has 3 atom stereocenters. The van der Waals surface area contributed by atoms with Gasteiger partial charge < -0.3 is 30.0 Å². The third kappa shape index (κ3) is 4.87. The van der Waals surface area contributed by atoms with Crippen molar-refractivity contribution < 1.29 is 33.7 Å². The highest BCUT2D eigenvalue weighted by Gasteiger charge is 2.43. The van der Waals surface area contributed by atoms with Crippen molar-refractivity contribution in [3.8, 4) is 11.1 Å². The number of benzene rings is 2. The van der Waals surface area contributed by atoms with Crippen molar-refractivity contribution in [1.29, 1.82) is 0 Å². The van der Waals surface area contributed by atoms with Crippen molar-refractivity contribution in [3.63, 3.8) is 0 Å². The smallest absolute Gasteiger partial charge is 0.408 e. The standard InChI is InChI=1S/C26H30N2O7/c1-3-26(15-33-2,24(31)27-22-14-34-12-21(22)23(29)30)28-25(32)35-13-20-18-10-6-4-8-16(18)17-9-5-7-11-19(17)20/h4-11,20-22H,3,12-15H2,1-2H3,(H,27,31)(H,28,32)(H,29,30). The number of carbonyl (C=O) groups excluding carboxylic acids is 2. The molecular weight excluding hydrogens is 452 g/mol. The Morgan fingerprint density at radius 3 is 2.26 bits per heavy atom. The molecule has 0 spiro atoms. The summed E-state index contributed by atoms with van der Waals surface area (Å²) >= 11 is 0. The van der Waals surface area contributed by atoms with E-state index in [9.17, 15) is 19.5 Å². The molecule has 0 saturated carbocycles. The van der Waals surface area contributed by atoms with Crippen LogP contribution >= 0.6 is 0 Å². The van der Waals surface area contributed by atoms with Gasteiger partial charge in [0.2, 0.25) is 5.91 Å². The summed E-state index contributed by atoms with van der Waals surface area (Å²) in [5.41, 5.74) is 2.97. The number of aliphatic carboxylic acids is 1. The number of rotatable bonds is 9. The Labute approximate surface area is 203 Å². The maximum Gasteiger partial charge on any atom is 0.408 e. The summed E-state index contributed by atoms with van der Waals surface area (Å²) in [6.07, 6.45) is -0.541. The van der Waals surface area contributed by atoms with Crippen LogP contribution in [0, 0.1) is 5.92 Å². The van der Waals surface area contributed by atoms with Crippen molar-refractivity contribution in [3.05, 3.63) is 59.7 Å². The van der Waals surface area contributed by atoms with Crippen LogP contribution in [0.25, 0.3) is 11.1 Å². The van der Waals surface area contributed by atoms with E-state index in [1.165, 1.54) is 7.11 Å². The van der Waals surface area contributed by atoms with Gasteiger partial charge in [-0.25, -0.2) is 4.79 Å². The third-order valence-corrected chi connectivity index (χ3v) is 6.83. The van der Waals surface area contributed by atoms with E-state index in [0.29, 0.717) is 0 Å². The summed E-state index contributed by atoms with van der Waals surface area (Å²) in [6, 6.07) is 15.3. The van der Waals surface area contributed by atoms with Crippen molar-refractivity contribution in [1.82, 2.24) is 10.6 Å². The first kappa shape index (κ1) is 24.7. The Kier molecular flexibility index (Phi) is 7.37. The average molecular weight is 483 g/mol. The summed E-state index contributed by atoms with van der Waals surface area (Å²) in [5, 5.41) is 14.8. The molecule has 3 N–H and O–H groups in total. The van der Waals surface area contributed by atoms with E-state index >= 15 is 0 Å². The van der Waals surface area contributed by atoms with Gasteiger partial charge in [0.15, 0.2) is 0 Å². The Bertz CT molecular complexity index is 1060. The van der Waals surface area contributed by atoms with E-state index in [2.05, 4.69) is 22.8 Å². The third-order valence-electron chi connectivity index (χ3n) is 6.83. The molecule has 1 aliphatic heterocycles. The molecule has 35 heavy (non-hydrogen) atoms. The number of carboxylic acids is 1. The number of hydrogen-bond acceptors (Lipinski definition) is 6. The first-order valence-electron chi connectivity index (χ1n) is 11.6. The normalized spacial score (nSPS) is 20.4. The summed E-state index contributed by atoms with van der Waals surface area (Å²) in [6.45, 7) is 1.84. The molecule has 1 heterocycles. The fraction of sp³-hybridized carbons (Fsp3) is 0.423. The van der Waals surface area contributed by atoms with Crippen molar-refractivity contribution in [2.75, 3.05) is 33.5 Å². The van der Waals surface area contributed by atoms with Crippen molar-refractivity contribution in [2.24, 2.45) is 5.92 Å². The van der Waals surface area contributed by atoms with Crippen LogP contribution < -0.4 is 10.6 Å². The molecule has 3 unspecified atom stereocenters. The lowest BCUT2D eigenvalue weighted by atomic mass is 9.94. The SMILES string of the molecule is CCC(COC)(NC(=O)OCC1c2ccccc2-c2ccccc21)C(=O)NC1COCC1C(=O)O. The van der Waals surface area contributed by atoms with Gasteiger partial charge in [0.25, 0.3) is 0 Å². The topological polar surface area (TPSA) is 123 Å². The fourth-order valence-corrected chi connectivity index (χ4v) is 4.83. The Hall–Kier alpha value is -3.43. The van der Waals surface area contributed by atoms with E-state index in [-0.39, 0.29) is 38.8 Å². The van der Waals surface area contributed by atoms with E-state index in [4.69, 9.17) is 14.2 Å². The minimum Gasteiger partial charge on any atom is -0.481 e. The van der Waals surface area contributed by atoms with Gasteiger partial charge in [0.05, 0.1) is 25.9 Å². The summed E-state index contributed by atoms with van der Waals surface area (Å²) in [4.78, 5) is 37.6. The molecule has 2 aromatic carbocycles. The van der Waals surface area contributed by atoms with Crippen molar-refractivity contribution in [2.45, 2.75) is 30.8 Å². The number of carboxylic acid groups (broad SMARTS) is 1. The molecule has 0 bridgehead atoms. The number of methoxy groups -OCH3 is 1. The first-order chi connectivity index (χ1) is 16.9. The fourth-order valence-electron chi connectivity index (χ4n) is 4.83. The van der Waals surface area contributed by atoms with E-state index in [1.54, 1.807) is 6.92 Å². The molecule has 4 rings (SSSR count). The van der Waals surface area contributed by atoms with Gasteiger partial charge in [-0.15, -0.1) is 0 Å². The largest absolute Gasteiger partial charge is 0.481 e. The van der Waals surface area contributed by atoms with Crippen LogP contribution in [0.4, 0.5) is 4.79 Å². The molecule has 1 saturated heterocycles. The molecule has 2 amide bonds. The lowest BCUT2D eigenvalue weighted by molar-refractivity contribution is -0.142. The predicted molar refractivity (Wildman–Crippen MR) is 127 cm³/mol. The monoisotopic (exact) mass is 482 g/mol. The highest BCUT2D eigenvalue weighted by atomic mass is 16.5. The van der Waals surface area contributed by atoms with Gasteiger partial charge >= 0.3 is 12.1 Å². The van der Waals surface area contributed by atoms with Crippen LogP contribution in [0.15, 0.2) is 48.5 Å². The summed E-state index contributed by atoms with van der Waals surface area (Å²) < 4.78 is 16.1. The van der Waals surface area contributed by atoms with Crippen LogP contribution in [-0.2, 0) is 23.8 Å². The van der Waals surface area contributed by atoms with Crippen LogP contribution in [0.3, 0.4) is 0 Å². The van der Waals surface area contributed by atoms with Gasteiger partial charge in [-0.05, 0) is 28.7 Å². The van der Waals surface area contributed by atoms with Crippen molar-refractivity contribution >= 4 is 18.0 Å². The van der Waals surface area contributed by atoms with E-state index < -0.39 is 35.5 Å². The molecule has 9 nitrogen and oxygen atoms in total.